The Balaban J connectivity index is 0.00000659. The lowest BCUT2D eigenvalue weighted by molar-refractivity contribution is -0.136. The maximum absolute atomic E-state index is 13.6. The fourth-order valence-electron chi connectivity index (χ4n) is 10.9. The van der Waals surface area contributed by atoms with Crippen LogP contribution in [-0.2, 0) is 14.4 Å². The highest BCUT2D eigenvalue weighted by molar-refractivity contribution is 6.23. The zero-order valence-corrected chi connectivity index (χ0v) is 39.6. The number of fused-ring (bicyclic) bond motifs is 1. The Kier molecular flexibility index (Phi) is 13.3. The van der Waals surface area contributed by atoms with E-state index in [4.69, 9.17) is 22.4 Å². The number of carbonyl (C=O) groups is 5. The first-order chi connectivity index (χ1) is 33.2. The number of piperidine rings is 3. The van der Waals surface area contributed by atoms with Crippen molar-refractivity contribution >= 4 is 58.3 Å². The van der Waals surface area contributed by atoms with Gasteiger partial charge in [-0.2, -0.15) is 5.53 Å². The van der Waals surface area contributed by atoms with Gasteiger partial charge in [-0.15, -0.1) is 0 Å². The Morgan fingerprint density at radius 3 is 2.22 bits per heavy atom. The molecule has 5 amide bonds. The molecule has 0 aromatic heterocycles. The Labute approximate surface area is 403 Å². The molecule has 2 aromatic rings. The molecule has 4 fully saturated rings. The van der Waals surface area contributed by atoms with E-state index in [9.17, 15) is 24.0 Å². The van der Waals surface area contributed by atoms with Crippen LogP contribution in [0.5, 0.6) is 0 Å². The summed E-state index contributed by atoms with van der Waals surface area (Å²) in [5.74, 6) is -0.0493. The number of dihydropyridines is 1. The molecule has 0 saturated carbocycles. The standard InChI is InChI=1S/C49H63N15O5.H2/c1-29-43(30(2)64(57-53)49(52)58(29)3)46(67)55-34-4-7-39(50)38(25-34)44(51)33-10-15-54-41(24-33)62-22-20-60(21-23-62)28-31-11-16-59(17-12-31)27-32-13-18-61(19-14-32)35-5-6-36-37(26-35)48(69)63(47(36)68)40-8-9-42(65)56-45(40)66;/h4-7,10,15,24-26,30-32,40,52-54H,8-9,11-14,16-23,27-28,50-51H2,1-3H3,(H,55,67)(H,56,65,66);1H/b44-33-,52-49?,57-53?;/t30-,40?;/m0./s1. The molecule has 2 aromatic carbocycles. The molecule has 0 spiro atoms. The van der Waals surface area contributed by atoms with Crippen LogP contribution in [-0.4, -0.2) is 150 Å². The van der Waals surface area contributed by atoms with Gasteiger partial charge in [0.15, 0.2) is 0 Å². The quantitative estimate of drug-likeness (QED) is 0.0968. The van der Waals surface area contributed by atoms with Gasteiger partial charge in [-0.1, -0.05) is 5.22 Å². The lowest BCUT2D eigenvalue weighted by Crippen LogP contribution is -2.54. The third-order valence-corrected chi connectivity index (χ3v) is 15.1. The largest absolute Gasteiger partial charge is 0.398 e. The molecule has 0 bridgehead atoms. The number of hydrogen-bond acceptors (Lipinski definition) is 15. The molecule has 69 heavy (non-hydrogen) atoms. The number of benzene rings is 2. The Hall–Kier alpha value is -7.06. The van der Waals surface area contributed by atoms with Gasteiger partial charge in [0.05, 0.1) is 22.7 Å². The number of nitrogen functional groups attached to an aromatic ring is 1. The SMILES string of the molecule is CC1=C(C(=O)Nc2ccc(N)c(/C(N)=C3\C=CNC(N4CCN(CC5CCN(CC6CCN(c7ccc8c(c7)C(=O)N(C7CCC(=O)NC7=O)C8=O)CC6)CC5)CC4)=C3)c2)[C@H](C)N(N=N)C(=N)N1C.[HH]. The van der Waals surface area contributed by atoms with Gasteiger partial charge < -0.3 is 41.7 Å². The minimum atomic E-state index is -0.969. The van der Waals surface area contributed by atoms with Crippen molar-refractivity contribution in [2.75, 3.05) is 88.4 Å². The predicted octanol–water partition coefficient (Wildman–Crippen LogP) is 3.52. The number of imide groups is 2. The molecule has 20 nitrogen and oxygen atoms in total. The molecule has 4 saturated heterocycles. The Morgan fingerprint density at radius 1 is 0.870 bits per heavy atom. The topological polar surface area (TPSA) is 256 Å². The molecule has 7 aliphatic rings. The third kappa shape index (κ3) is 9.42. The van der Waals surface area contributed by atoms with Crippen molar-refractivity contribution in [1.29, 1.82) is 10.9 Å². The first-order valence-corrected chi connectivity index (χ1v) is 24.0. The molecule has 7 heterocycles. The molecule has 20 heteroatoms. The van der Waals surface area contributed by atoms with E-state index in [1.807, 2.05) is 18.3 Å². The first kappa shape index (κ1) is 47.0. The Bertz CT molecular complexity index is 2590. The number of carbonyl (C=O) groups excluding carboxylic acids is 5. The molecule has 9 N–H and O–H groups in total. The Morgan fingerprint density at radius 2 is 1.54 bits per heavy atom. The normalized spacial score (nSPS) is 24.1. The number of nitrogens with two attached hydrogens (primary N) is 2. The fraction of sp³-hybridized carbons (Fsp3) is 0.469. The van der Waals surface area contributed by atoms with E-state index in [-0.39, 0.29) is 32.0 Å². The van der Waals surface area contributed by atoms with Crippen LogP contribution in [0.1, 0.15) is 80.1 Å². The van der Waals surface area contributed by atoms with E-state index in [1.165, 1.54) is 22.8 Å². The summed E-state index contributed by atoms with van der Waals surface area (Å²) < 4.78 is 0. The summed E-state index contributed by atoms with van der Waals surface area (Å²) in [5.41, 5.74) is 26.2. The summed E-state index contributed by atoms with van der Waals surface area (Å²) >= 11 is 0. The smallest absolute Gasteiger partial charge is 0.262 e. The molecule has 9 rings (SSSR count). The summed E-state index contributed by atoms with van der Waals surface area (Å²) in [6, 6.07) is 9.04. The van der Waals surface area contributed by atoms with Crippen molar-refractivity contribution in [2.24, 2.45) is 22.8 Å². The van der Waals surface area contributed by atoms with Gasteiger partial charge in [0.1, 0.15) is 11.9 Å². The molecule has 0 aliphatic carbocycles. The van der Waals surface area contributed by atoms with Crippen LogP contribution < -0.4 is 32.3 Å². The second-order valence-corrected chi connectivity index (χ2v) is 19.3. The summed E-state index contributed by atoms with van der Waals surface area (Å²) in [6.07, 6.45) is 10.6. The number of likely N-dealkylation sites (tertiary alicyclic amines) is 1. The highest BCUT2D eigenvalue weighted by Crippen LogP contribution is 2.34. The number of nitrogens with zero attached hydrogens (tertiary/aromatic N) is 8. The zero-order chi connectivity index (χ0) is 48.7. The van der Waals surface area contributed by atoms with Crippen molar-refractivity contribution < 1.29 is 25.4 Å². The maximum atomic E-state index is 13.6. The highest BCUT2D eigenvalue weighted by Gasteiger charge is 2.45. The summed E-state index contributed by atoms with van der Waals surface area (Å²) in [5, 5.41) is 21.6. The van der Waals surface area contributed by atoms with Crippen LogP contribution in [0.15, 0.2) is 82.6 Å². The fourth-order valence-corrected chi connectivity index (χ4v) is 10.9. The third-order valence-electron chi connectivity index (χ3n) is 15.1. The molecule has 1 unspecified atom stereocenters. The van der Waals surface area contributed by atoms with Gasteiger partial charge in [0.2, 0.25) is 17.8 Å². The zero-order valence-electron chi connectivity index (χ0n) is 39.6. The summed E-state index contributed by atoms with van der Waals surface area (Å²) in [7, 11) is 1.67. The van der Waals surface area contributed by atoms with Gasteiger partial charge in [-0.05, 0) is 119 Å². The number of nitrogens with one attached hydrogen (secondary N) is 5. The van der Waals surface area contributed by atoms with Crippen molar-refractivity contribution in [3.63, 3.8) is 0 Å². The van der Waals surface area contributed by atoms with Crippen molar-refractivity contribution in [3.05, 3.63) is 94.1 Å². The number of guanidine groups is 1. The molecule has 0 radical (unpaired) electrons. The number of hydrogen-bond donors (Lipinski definition) is 7. The second kappa shape index (κ2) is 19.5. The van der Waals surface area contributed by atoms with Gasteiger partial charge in [0.25, 0.3) is 17.7 Å². The van der Waals surface area contributed by atoms with Crippen LogP contribution in [0, 0.1) is 22.8 Å². The molecular formula is C49H65N15O5. The van der Waals surface area contributed by atoms with E-state index >= 15 is 0 Å². The van der Waals surface area contributed by atoms with Crippen LogP contribution in [0.4, 0.5) is 17.1 Å². The first-order valence-electron chi connectivity index (χ1n) is 24.0. The monoisotopic (exact) mass is 944 g/mol. The summed E-state index contributed by atoms with van der Waals surface area (Å²) in [4.78, 5) is 76.7. The highest BCUT2D eigenvalue weighted by atomic mass is 16.2. The van der Waals surface area contributed by atoms with Crippen LogP contribution in [0.25, 0.3) is 5.70 Å². The predicted molar refractivity (Wildman–Crippen MR) is 263 cm³/mol. The average molecular weight is 944 g/mol. The van der Waals surface area contributed by atoms with Gasteiger partial charge in [0, 0.05) is 113 Å². The van der Waals surface area contributed by atoms with Gasteiger partial charge in [-0.3, -0.25) is 44.5 Å². The van der Waals surface area contributed by atoms with E-state index in [0.717, 1.165) is 100 Å². The molecule has 2 atom stereocenters. The van der Waals surface area contributed by atoms with Crippen LogP contribution >= 0.6 is 0 Å². The maximum Gasteiger partial charge on any atom is 0.262 e. The number of piperazine rings is 1. The lowest BCUT2D eigenvalue weighted by Gasteiger charge is -2.41. The van der Waals surface area contributed by atoms with Crippen molar-refractivity contribution in [2.45, 2.75) is 64.5 Å². The van der Waals surface area contributed by atoms with E-state index in [1.54, 1.807) is 51.2 Å². The van der Waals surface area contributed by atoms with Gasteiger partial charge >= 0.3 is 0 Å². The minimum Gasteiger partial charge on any atom is -0.398 e. The lowest BCUT2D eigenvalue weighted by atomic mass is 9.92. The number of anilines is 3. The molecular weight excluding hydrogens is 879 g/mol. The van der Waals surface area contributed by atoms with Crippen molar-refractivity contribution in [3.8, 4) is 0 Å². The second-order valence-electron chi connectivity index (χ2n) is 19.3. The number of allylic oxidation sites excluding steroid dienone is 4. The van der Waals surface area contributed by atoms with Crippen molar-refractivity contribution in [1.82, 2.24) is 40.1 Å². The number of rotatable bonds is 11. The van der Waals surface area contributed by atoms with E-state index < -0.39 is 29.8 Å². The van der Waals surface area contributed by atoms with Crippen LogP contribution in [0.2, 0.25) is 0 Å². The van der Waals surface area contributed by atoms with E-state index in [0.29, 0.717) is 56.9 Å². The van der Waals surface area contributed by atoms with Gasteiger partial charge in [-0.25, -0.2) is 5.01 Å². The summed E-state index contributed by atoms with van der Waals surface area (Å²) in [6.45, 7) is 13.4. The number of amides is 5. The van der Waals surface area contributed by atoms with Crippen LogP contribution in [0.3, 0.4) is 0 Å². The molecule has 366 valence electrons. The minimum absolute atomic E-state index is 0. The molecule has 7 aliphatic heterocycles. The van der Waals surface area contributed by atoms with E-state index in [2.05, 4.69) is 46.8 Å². The average Bonchev–Trinajstić information content (AvgIpc) is 3.60.